The van der Waals surface area contributed by atoms with Gasteiger partial charge in [-0.1, -0.05) is 0 Å². The first-order valence-electron chi connectivity index (χ1n) is 0.783. The topological polar surface area (TPSA) is 77.8 Å². The molecule has 0 saturated carbocycles. The average molecular weight is 327 g/mol. The van der Waals surface area contributed by atoms with Gasteiger partial charge in [-0.3, -0.25) is 0 Å². The van der Waals surface area contributed by atoms with Crippen molar-refractivity contribution in [1.82, 2.24) is 0 Å². The summed E-state index contributed by atoms with van der Waals surface area (Å²) in [5.74, 6) is 0. The van der Waals surface area contributed by atoms with Gasteiger partial charge in [0.05, 0.1) is 0 Å². The van der Waals surface area contributed by atoms with E-state index in [1.54, 1.807) is 0 Å². The minimum absolute atomic E-state index is 0. The van der Waals surface area contributed by atoms with Crippen LogP contribution in [-0.4, -0.2) is 84.9 Å². The fourth-order valence-corrected chi connectivity index (χ4v) is 0. The molecule has 0 heterocycles. The van der Waals surface area contributed by atoms with Crippen molar-refractivity contribution in [3.05, 3.63) is 0 Å². The van der Waals surface area contributed by atoms with E-state index in [2.05, 4.69) is 0 Å². The molecule has 0 aromatic rings. The van der Waals surface area contributed by atoms with Crippen LogP contribution in [0, 0.1) is 0 Å². The maximum atomic E-state index is 8.88. The van der Waals surface area contributed by atoms with Crippen LogP contribution < -0.4 is 0 Å². The summed E-state index contributed by atoms with van der Waals surface area (Å²) in [6, 6.07) is 0. The Bertz CT molecular complexity index is 62.2. The average Bonchev–Trinajstić information content (AvgIpc) is 0.722. The molecule has 0 saturated heterocycles. The molecule has 0 aliphatic rings. The molecule has 0 aromatic heterocycles. The van der Waals surface area contributed by atoms with Crippen molar-refractivity contribution >= 4 is 78.1 Å². The van der Waals surface area contributed by atoms with Crippen LogP contribution in [0.2, 0.25) is 0 Å². The molecule has 8 heavy (non-hydrogen) atoms. The van der Waals surface area contributed by atoms with Gasteiger partial charge in [0.1, 0.15) is 0 Å². The molecule has 1 radical (unpaired) electrons. The van der Waals surface area contributed by atoms with E-state index >= 15 is 0 Å². The molecule has 8 heteroatoms. The largest absolute Gasteiger partial charge is 0 e. The van der Waals surface area contributed by atoms with Gasteiger partial charge < -0.3 is 14.7 Å². The van der Waals surface area contributed by atoms with E-state index in [1.165, 1.54) is 0 Å². The summed E-state index contributed by atoms with van der Waals surface area (Å²) < 4.78 is 8.88. The van der Waals surface area contributed by atoms with Gasteiger partial charge in [0.15, 0.2) is 0 Å². The molecule has 3 N–H and O–H groups in total. The standard InChI is InChI=1S/K.Li.H3O4P.Ta.2H/c;;1-5(2,3)4;;;/h;;(H3,1,2,3,4);;;. The van der Waals surface area contributed by atoms with E-state index < -0.39 is 7.82 Å². The summed E-state index contributed by atoms with van der Waals surface area (Å²) in [7, 11) is -4.64. The summed E-state index contributed by atoms with van der Waals surface area (Å²) in [6.45, 7) is 0. The van der Waals surface area contributed by atoms with Crippen molar-refractivity contribution in [3.63, 3.8) is 0 Å². The van der Waals surface area contributed by atoms with Gasteiger partial charge in [-0.15, -0.1) is 0 Å². The zero-order chi connectivity index (χ0) is 4.50. The molecule has 0 amide bonds. The molecule has 0 aromatic carbocycles. The SMILES string of the molecule is O=P(O)(O)O.[KH].[LiH].[Ta]. The zero-order valence-corrected chi connectivity index (χ0v) is 6.75. The molecule has 0 spiro atoms. The second-order valence-corrected chi connectivity index (χ2v) is 1.54. The quantitative estimate of drug-likeness (QED) is 0.348. The Balaban J connectivity index is -0.0000000267. The van der Waals surface area contributed by atoms with Crippen molar-refractivity contribution < 1.29 is 41.6 Å². The van der Waals surface area contributed by atoms with Gasteiger partial charge in [-0.2, -0.15) is 0 Å². The van der Waals surface area contributed by atoms with Gasteiger partial charge in [0, 0.05) is 22.4 Å². The van der Waals surface area contributed by atoms with Crippen LogP contribution in [0.1, 0.15) is 0 Å². The fraction of sp³-hybridized carbons (Fsp3) is 0. The van der Waals surface area contributed by atoms with E-state index in [0.717, 1.165) is 0 Å². The van der Waals surface area contributed by atoms with E-state index in [-0.39, 0.29) is 92.6 Å². The van der Waals surface area contributed by atoms with E-state index in [0.29, 0.717) is 0 Å². The van der Waals surface area contributed by atoms with Gasteiger partial charge >= 0.3 is 78.1 Å². The van der Waals surface area contributed by atoms with Crippen LogP contribution in [0.5, 0.6) is 0 Å². The minimum Gasteiger partial charge on any atom is 0 e. The first-order chi connectivity index (χ1) is 2.00. The Morgan fingerprint density at radius 2 is 1.12 bits per heavy atom. The van der Waals surface area contributed by atoms with Crippen molar-refractivity contribution in [2.75, 3.05) is 0 Å². The number of hydrogen-bond acceptors (Lipinski definition) is 1. The van der Waals surface area contributed by atoms with E-state index in [4.69, 9.17) is 19.2 Å². The normalized spacial score (nSPS) is 7.38. The third kappa shape index (κ3) is 62.4. The van der Waals surface area contributed by atoms with Crippen LogP contribution in [-0.2, 0) is 26.9 Å². The number of rotatable bonds is 0. The van der Waals surface area contributed by atoms with E-state index in [9.17, 15) is 0 Å². The molecule has 0 unspecified atom stereocenters. The number of hydrogen-bond donors (Lipinski definition) is 3. The molecule has 0 rings (SSSR count). The molecular formula is H5KLiO4PTa. The third-order valence-electron chi connectivity index (χ3n) is 0. The predicted octanol–water partition coefficient (Wildman–Crippen LogP) is -2.23. The van der Waals surface area contributed by atoms with Crippen LogP contribution in [0.25, 0.3) is 0 Å². The van der Waals surface area contributed by atoms with Crippen molar-refractivity contribution in [2.24, 2.45) is 0 Å². The fourth-order valence-electron chi connectivity index (χ4n) is 0. The summed E-state index contributed by atoms with van der Waals surface area (Å²) in [4.78, 5) is 21.6. The Kier molecular flexibility index (Phi) is 28.3. The maximum absolute atomic E-state index is 8.88. The van der Waals surface area contributed by atoms with Crippen LogP contribution >= 0.6 is 7.82 Å². The van der Waals surface area contributed by atoms with Crippen molar-refractivity contribution in [1.29, 1.82) is 0 Å². The van der Waals surface area contributed by atoms with Crippen LogP contribution in [0.4, 0.5) is 0 Å². The van der Waals surface area contributed by atoms with Crippen LogP contribution in [0.15, 0.2) is 0 Å². The first kappa shape index (κ1) is 22.5. The van der Waals surface area contributed by atoms with Gasteiger partial charge in [0.2, 0.25) is 0 Å². The Labute approximate surface area is 117 Å². The molecule has 4 nitrogen and oxygen atoms in total. The molecule has 0 aliphatic carbocycles. The molecule has 0 fully saturated rings. The molecule has 0 atom stereocenters. The Hall–Kier alpha value is 3.08. The van der Waals surface area contributed by atoms with Gasteiger partial charge in [-0.05, 0) is 0 Å². The summed E-state index contributed by atoms with van der Waals surface area (Å²) in [6.07, 6.45) is 0. The van der Waals surface area contributed by atoms with Gasteiger partial charge in [-0.25, -0.2) is 4.57 Å². The molecule has 41 valence electrons. The second-order valence-electron chi connectivity index (χ2n) is 0.513. The monoisotopic (exact) mass is 327 g/mol. The molecular weight excluding hydrogens is 322 g/mol. The van der Waals surface area contributed by atoms with Crippen molar-refractivity contribution in [2.45, 2.75) is 0 Å². The maximum Gasteiger partial charge on any atom is 0 e. The zero-order valence-electron chi connectivity index (χ0n) is 2.64. The van der Waals surface area contributed by atoms with Crippen LogP contribution in [0.3, 0.4) is 0 Å². The third-order valence-corrected chi connectivity index (χ3v) is 0. The predicted molar refractivity (Wildman–Crippen MR) is 28.6 cm³/mol. The van der Waals surface area contributed by atoms with Gasteiger partial charge in [0.25, 0.3) is 0 Å². The number of phosphoric acid groups is 1. The Morgan fingerprint density at radius 3 is 1.12 bits per heavy atom. The molecule has 0 aliphatic heterocycles. The summed E-state index contributed by atoms with van der Waals surface area (Å²) in [5, 5.41) is 0. The van der Waals surface area contributed by atoms with E-state index in [1.807, 2.05) is 0 Å². The smallest absolute Gasteiger partial charge is 0 e. The first-order valence-corrected chi connectivity index (χ1v) is 2.35. The summed E-state index contributed by atoms with van der Waals surface area (Å²) >= 11 is 0. The van der Waals surface area contributed by atoms with Crippen molar-refractivity contribution in [3.8, 4) is 0 Å². The Morgan fingerprint density at radius 1 is 1.12 bits per heavy atom. The second kappa shape index (κ2) is 10.1. The minimum atomic E-state index is -4.64. The summed E-state index contributed by atoms with van der Waals surface area (Å²) in [5.41, 5.74) is 0. The molecule has 0 bridgehead atoms.